The molecule has 2 rings (SSSR count). The van der Waals surface area contributed by atoms with Gasteiger partial charge in [0.1, 0.15) is 5.52 Å². The van der Waals surface area contributed by atoms with Crippen molar-refractivity contribution in [3.63, 3.8) is 0 Å². The van der Waals surface area contributed by atoms with Gasteiger partial charge in [0.15, 0.2) is 5.75 Å². The first kappa shape index (κ1) is 12.5. The SMILES string of the molecule is CNc1cc(C)nc2c(OC(F)(F)F)cccc12. The predicted octanol–water partition coefficient (Wildman–Crippen LogP) is 3.48. The Kier molecular flexibility index (Phi) is 3.02. The van der Waals surface area contributed by atoms with Crippen LogP contribution < -0.4 is 10.1 Å². The molecule has 0 saturated heterocycles. The zero-order valence-electron chi connectivity index (χ0n) is 9.80. The van der Waals surface area contributed by atoms with Gasteiger partial charge in [0, 0.05) is 23.8 Å². The van der Waals surface area contributed by atoms with Crippen molar-refractivity contribution in [2.45, 2.75) is 13.3 Å². The Hall–Kier alpha value is -1.98. The zero-order valence-corrected chi connectivity index (χ0v) is 9.80. The van der Waals surface area contributed by atoms with Crippen molar-refractivity contribution >= 4 is 16.6 Å². The topological polar surface area (TPSA) is 34.2 Å². The number of para-hydroxylation sites is 1. The lowest BCUT2D eigenvalue weighted by molar-refractivity contribution is -0.274. The number of pyridine rings is 1. The van der Waals surface area contributed by atoms with Crippen LogP contribution in [0.15, 0.2) is 24.3 Å². The van der Waals surface area contributed by atoms with Crippen LogP contribution in [0.1, 0.15) is 5.69 Å². The van der Waals surface area contributed by atoms with Crippen molar-refractivity contribution in [1.82, 2.24) is 4.98 Å². The second-order valence-corrected chi connectivity index (χ2v) is 3.76. The zero-order chi connectivity index (χ0) is 13.3. The van der Waals surface area contributed by atoms with Crippen LogP contribution in [0.5, 0.6) is 5.75 Å². The third-order valence-electron chi connectivity index (χ3n) is 2.43. The van der Waals surface area contributed by atoms with Crippen molar-refractivity contribution in [2.75, 3.05) is 12.4 Å². The van der Waals surface area contributed by atoms with E-state index in [4.69, 9.17) is 0 Å². The average Bonchev–Trinajstić information content (AvgIpc) is 2.27. The molecular weight excluding hydrogens is 245 g/mol. The maximum atomic E-state index is 12.3. The summed E-state index contributed by atoms with van der Waals surface area (Å²) in [6.07, 6.45) is -4.72. The molecule has 0 unspecified atom stereocenters. The van der Waals surface area contributed by atoms with Crippen LogP contribution in [0.3, 0.4) is 0 Å². The monoisotopic (exact) mass is 256 g/mol. The van der Waals surface area contributed by atoms with Gasteiger partial charge in [-0.3, -0.25) is 0 Å². The molecule has 0 radical (unpaired) electrons. The number of nitrogens with zero attached hydrogens (tertiary/aromatic N) is 1. The van der Waals surface area contributed by atoms with Crippen molar-refractivity contribution < 1.29 is 17.9 Å². The Bertz CT molecular complexity index is 581. The normalized spacial score (nSPS) is 11.6. The molecule has 1 heterocycles. The Balaban J connectivity index is 2.65. The number of benzene rings is 1. The number of aromatic nitrogens is 1. The standard InChI is InChI=1S/C12H11F3N2O/c1-7-6-9(16-2)8-4-3-5-10(11(8)17-7)18-12(13,14)15/h3-6H,1-2H3,(H,16,17). The van der Waals surface area contributed by atoms with E-state index in [1.807, 2.05) is 0 Å². The van der Waals surface area contributed by atoms with Gasteiger partial charge in [0.2, 0.25) is 0 Å². The molecular formula is C12H11F3N2O. The molecule has 18 heavy (non-hydrogen) atoms. The van der Waals surface area contributed by atoms with Gasteiger partial charge in [-0.25, -0.2) is 4.98 Å². The van der Waals surface area contributed by atoms with Gasteiger partial charge in [-0.2, -0.15) is 0 Å². The van der Waals surface area contributed by atoms with Crippen LogP contribution in [-0.4, -0.2) is 18.4 Å². The molecule has 0 aliphatic rings. The van der Waals surface area contributed by atoms with Gasteiger partial charge < -0.3 is 10.1 Å². The number of fused-ring (bicyclic) bond motifs is 1. The van der Waals surface area contributed by atoms with E-state index in [1.165, 1.54) is 12.1 Å². The Labute approximate surface area is 102 Å². The lowest BCUT2D eigenvalue weighted by Gasteiger charge is -2.13. The first-order chi connectivity index (χ1) is 8.40. The molecule has 0 atom stereocenters. The minimum Gasteiger partial charge on any atom is -0.403 e. The lowest BCUT2D eigenvalue weighted by Crippen LogP contribution is -2.17. The van der Waals surface area contributed by atoms with Gasteiger partial charge in [-0.1, -0.05) is 12.1 Å². The molecule has 1 N–H and O–H groups in total. The molecule has 1 aromatic carbocycles. The molecule has 0 amide bonds. The summed E-state index contributed by atoms with van der Waals surface area (Å²) in [5.74, 6) is -0.291. The third kappa shape index (κ3) is 2.47. The van der Waals surface area contributed by atoms with E-state index >= 15 is 0 Å². The van der Waals surface area contributed by atoms with Crippen LogP contribution in [0, 0.1) is 6.92 Å². The fraction of sp³-hybridized carbons (Fsp3) is 0.250. The summed E-state index contributed by atoms with van der Waals surface area (Å²) in [4.78, 5) is 4.10. The van der Waals surface area contributed by atoms with Crippen LogP contribution in [0.2, 0.25) is 0 Å². The number of halogens is 3. The second-order valence-electron chi connectivity index (χ2n) is 3.76. The highest BCUT2D eigenvalue weighted by Gasteiger charge is 2.32. The summed E-state index contributed by atoms with van der Waals surface area (Å²) in [5, 5.41) is 3.51. The Morgan fingerprint density at radius 2 is 2.00 bits per heavy atom. The summed E-state index contributed by atoms with van der Waals surface area (Å²) in [6, 6.07) is 6.21. The fourth-order valence-electron chi connectivity index (χ4n) is 1.76. The van der Waals surface area contributed by atoms with Gasteiger partial charge in [-0.15, -0.1) is 13.2 Å². The summed E-state index contributed by atoms with van der Waals surface area (Å²) >= 11 is 0. The number of nitrogens with one attached hydrogen (secondary N) is 1. The highest BCUT2D eigenvalue weighted by Crippen LogP contribution is 2.32. The van der Waals surface area contributed by atoms with E-state index in [2.05, 4.69) is 15.0 Å². The summed E-state index contributed by atoms with van der Waals surface area (Å²) in [7, 11) is 1.70. The number of ether oxygens (including phenoxy) is 1. The van der Waals surface area contributed by atoms with E-state index in [9.17, 15) is 13.2 Å². The fourth-order valence-corrected chi connectivity index (χ4v) is 1.76. The largest absolute Gasteiger partial charge is 0.573 e. The molecule has 0 bridgehead atoms. The van der Waals surface area contributed by atoms with Crippen LogP contribution >= 0.6 is 0 Å². The lowest BCUT2D eigenvalue weighted by atomic mass is 10.1. The van der Waals surface area contributed by atoms with Gasteiger partial charge in [0.25, 0.3) is 0 Å². The molecule has 0 aliphatic carbocycles. The van der Waals surface area contributed by atoms with Gasteiger partial charge in [0.05, 0.1) is 0 Å². The first-order valence-corrected chi connectivity index (χ1v) is 5.24. The highest BCUT2D eigenvalue weighted by atomic mass is 19.4. The maximum absolute atomic E-state index is 12.3. The average molecular weight is 256 g/mol. The van der Waals surface area contributed by atoms with E-state index in [1.54, 1.807) is 26.1 Å². The van der Waals surface area contributed by atoms with Gasteiger partial charge >= 0.3 is 6.36 Å². The van der Waals surface area contributed by atoms with Crippen LogP contribution in [0.4, 0.5) is 18.9 Å². The Morgan fingerprint density at radius 1 is 1.28 bits per heavy atom. The third-order valence-corrected chi connectivity index (χ3v) is 2.43. The van der Waals surface area contributed by atoms with Crippen molar-refractivity contribution in [3.8, 4) is 5.75 Å². The number of alkyl halides is 3. The number of hydrogen-bond acceptors (Lipinski definition) is 3. The predicted molar refractivity (Wildman–Crippen MR) is 62.7 cm³/mol. The minimum atomic E-state index is -4.72. The van der Waals surface area contributed by atoms with E-state index in [-0.39, 0.29) is 11.3 Å². The van der Waals surface area contributed by atoms with E-state index in [0.29, 0.717) is 16.8 Å². The van der Waals surface area contributed by atoms with Gasteiger partial charge in [-0.05, 0) is 19.1 Å². The van der Waals surface area contributed by atoms with Crippen LogP contribution in [0.25, 0.3) is 10.9 Å². The molecule has 0 fully saturated rings. The molecule has 96 valence electrons. The Morgan fingerprint density at radius 3 is 2.61 bits per heavy atom. The van der Waals surface area contributed by atoms with E-state index < -0.39 is 6.36 Å². The quantitative estimate of drug-likeness (QED) is 0.893. The summed E-state index contributed by atoms with van der Waals surface area (Å²) in [5.41, 5.74) is 1.52. The molecule has 0 spiro atoms. The smallest absolute Gasteiger partial charge is 0.403 e. The maximum Gasteiger partial charge on any atom is 0.573 e. The number of rotatable bonds is 2. The van der Waals surface area contributed by atoms with E-state index in [0.717, 1.165) is 0 Å². The molecule has 0 saturated carbocycles. The molecule has 6 heteroatoms. The first-order valence-electron chi connectivity index (χ1n) is 5.24. The number of aryl methyl sites for hydroxylation is 1. The highest BCUT2D eigenvalue weighted by molar-refractivity contribution is 5.95. The van der Waals surface area contributed by atoms with Crippen molar-refractivity contribution in [1.29, 1.82) is 0 Å². The molecule has 3 nitrogen and oxygen atoms in total. The molecule has 1 aromatic heterocycles. The number of hydrogen-bond donors (Lipinski definition) is 1. The summed E-state index contributed by atoms with van der Waals surface area (Å²) < 4.78 is 40.8. The molecule has 2 aromatic rings. The number of anilines is 1. The summed E-state index contributed by atoms with van der Waals surface area (Å²) in [6.45, 7) is 1.71. The molecule has 0 aliphatic heterocycles. The van der Waals surface area contributed by atoms with Crippen molar-refractivity contribution in [2.24, 2.45) is 0 Å². The second kappa shape index (κ2) is 4.36. The van der Waals surface area contributed by atoms with Crippen molar-refractivity contribution in [3.05, 3.63) is 30.0 Å². The minimum absolute atomic E-state index is 0.194. The van der Waals surface area contributed by atoms with Crippen LogP contribution in [-0.2, 0) is 0 Å².